The second kappa shape index (κ2) is 18.8. The summed E-state index contributed by atoms with van der Waals surface area (Å²) in [5.74, 6) is 0.929. The van der Waals surface area contributed by atoms with E-state index in [1.807, 2.05) is 0 Å². The van der Waals surface area contributed by atoms with Crippen LogP contribution in [-0.4, -0.2) is 0 Å². The van der Waals surface area contributed by atoms with Crippen molar-refractivity contribution in [2.24, 2.45) is 5.92 Å². The van der Waals surface area contributed by atoms with Crippen LogP contribution in [0.25, 0.3) is 0 Å². The summed E-state index contributed by atoms with van der Waals surface area (Å²) in [6.45, 7) is 10.2. The van der Waals surface area contributed by atoms with E-state index >= 15 is 0 Å². The van der Waals surface area contributed by atoms with Crippen molar-refractivity contribution in [1.82, 2.24) is 0 Å². The molecule has 130 valence electrons. The summed E-state index contributed by atoms with van der Waals surface area (Å²) in [5.41, 5.74) is 0. The summed E-state index contributed by atoms with van der Waals surface area (Å²) in [4.78, 5) is 0. The Morgan fingerprint density at radius 1 is 0.591 bits per heavy atom. The van der Waals surface area contributed by atoms with E-state index in [9.17, 15) is 0 Å². The SMILES string of the molecule is [CH2]CCCCCC/C=C/CCCCCC(C)CCCCC[CH2]. The van der Waals surface area contributed by atoms with E-state index in [2.05, 4.69) is 32.9 Å². The van der Waals surface area contributed by atoms with Gasteiger partial charge in [0.2, 0.25) is 0 Å². The van der Waals surface area contributed by atoms with E-state index in [0.29, 0.717) is 0 Å². The molecule has 0 heteroatoms. The van der Waals surface area contributed by atoms with Crippen LogP contribution < -0.4 is 0 Å². The molecule has 0 bridgehead atoms. The van der Waals surface area contributed by atoms with Crippen molar-refractivity contribution < 1.29 is 0 Å². The van der Waals surface area contributed by atoms with Crippen molar-refractivity contribution in [2.75, 3.05) is 0 Å². The zero-order chi connectivity index (χ0) is 16.3. The maximum atomic E-state index is 3.91. The highest BCUT2D eigenvalue weighted by molar-refractivity contribution is 4.81. The third-order valence-electron chi connectivity index (χ3n) is 4.55. The molecule has 0 heterocycles. The highest BCUT2D eigenvalue weighted by Gasteiger charge is 2.01. The van der Waals surface area contributed by atoms with Gasteiger partial charge in [0.15, 0.2) is 0 Å². The number of unbranched alkanes of at least 4 members (excludes halogenated alkanes) is 11. The Bertz CT molecular complexity index is 216. The molecular weight excluding hydrogens is 264 g/mol. The van der Waals surface area contributed by atoms with Crippen molar-refractivity contribution in [3.05, 3.63) is 26.0 Å². The van der Waals surface area contributed by atoms with Crippen LogP contribution in [0.15, 0.2) is 12.2 Å². The van der Waals surface area contributed by atoms with Gasteiger partial charge in [-0.05, 0) is 31.6 Å². The van der Waals surface area contributed by atoms with Crippen molar-refractivity contribution in [2.45, 2.75) is 110 Å². The van der Waals surface area contributed by atoms with E-state index < -0.39 is 0 Å². The molecule has 0 saturated carbocycles. The highest BCUT2D eigenvalue weighted by Crippen LogP contribution is 2.17. The largest absolute Gasteiger partial charge is 0.0885 e. The molecule has 0 spiro atoms. The Kier molecular flexibility index (Phi) is 18.6. The van der Waals surface area contributed by atoms with Gasteiger partial charge in [0.05, 0.1) is 0 Å². The second-order valence-electron chi connectivity index (χ2n) is 6.97. The average Bonchev–Trinajstić information content (AvgIpc) is 2.52. The molecule has 0 fully saturated rings. The molecule has 0 aromatic rings. The quantitative estimate of drug-likeness (QED) is 0.188. The van der Waals surface area contributed by atoms with Gasteiger partial charge in [0, 0.05) is 0 Å². The normalized spacial score (nSPS) is 13.0. The molecule has 0 saturated heterocycles. The zero-order valence-corrected chi connectivity index (χ0v) is 15.5. The molecule has 0 N–H and O–H groups in total. The molecule has 0 nitrogen and oxygen atoms in total. The summed E-state index contributed by atoms with van der Waals surface area (Å²) in [6.07, 6.45) is 26.2. The summed E-state index contributed by atoms with van der Waals surface area (Å²) >= 11 is 0. The minimum Gasteiger partial charge on any atom is -0.0885 e. The zero-order valence-electron chi connectivity index (χ0n) is 15.5. The molecule has 1 unspecified atom stereocenters. The monoisotopic (exact) mass is 306 g/mol. The van der Waals surface area contributed by atoms with E-state index in [4.69, 9.17) is 0 Å². The summed E-state index contributed by atoms with van der Waals surface area (Å²) in [6, 6.07) is 0. The molecule has 1 atom stereocenters. The molecule has 0 aromatic heterocycles. The van der Waals surface area contributed by atoms with Crippen LogP contribution in [-0.2, 0) is 0 Å². The number of allylic oxidation sites excluding steroid dienone is 2. The Morgan fingerprint density at radius 3 is 1.50 bits per heavy atom. The standard InChI is InChI=1S/C22H42/c1-4-6-8-10-11-12-13-14-15-16-17-19-21-22(3)20-18-9-7-5-2/h13-14,22H,1-2,4-12,15-21H2,3H3/b14-13+. The van der Waals surface area contributed by atoms with E-state index in [-0.39, 0.29) is 0 Å². The Labute approximate surface area is 142 Å². The van der Waals surface area contributed by atoms with Gasteiger partial charge in [0.25, 0.3) is 0 Å². The predicted molar refractivity (Wildman–Crippen MR) is 103 cm³/mol. The van der Waals surface area contributed by atoms with Gasteiger partial charge >= 0.3 is 0 Å². The lowest BCUT2D eigenvalue weighted by Gasteiger charge is -2.10. The highest BCUT2D eigenvalue weighted by atomic mass is 14.1. The molecule has 0 aromatic carbocycles. The Balaban J connectivity index is 3.18. The smallest absolute Gasteiger partial charge is 0.0351 e. The second-order valence-corrected chi connectivity index (χ2v) is 6.97. The predicted octanol–water partition coefficient (Wildman–Crippen LogP) is 8.09. The van der Waals surface area contributed by atoms with Crippen LogP contribution in [0, 0.1) is 19.8 Å². The third-order valence-corrected chi connectivity index (χ3v) is 4.55. The first-order chi connectivity index (χ1) is 10.8. The number of hydrogen-bond donors (Lipinski definition) is 0. The Morgan fingerprint density at radius 2 is 1.00 bits per heavy atom. The fraction of sp³-hybridized carbons (Fsp3) is 0.818. The molecule has 0 aliphatic heterocycles. The van der Waals surface area contributed by atoms with Crippen LogP contribution in [0.1, 0.15) is 110 Å². The van der Waals surface area contributed by atoms with Gasteiger partial charge in [0.1, 0.15) is 0 Å². The molecular formula is C22H42. The number of rotatable bonds is 17. The van der Waals surface area contributed by atoms with Crippen molar-refractivity contribution in [3.63, 3.8) is 0 Å². The average molecular weight is 307 g/mol. The van der Waals surface area contributed by atoms with Gasteiger partial charge in [-0.1, -0.05) is 110 Å². The first kappa shape index (κ1) is 21.7. The maximum Gasteiger partial charge on any atom is -0.0351 e. The summed E-state index contributed by atoms with van der Waals surface area (Å²) in [5, 5.41) is 0. The fourth-order valence-electron chi connectivity index (χ4n) is 2.95. The molecule has 2 radical (unpaired) electrons. The Hall–Kier alpha value is -0.260. The molecule has 22 heavy (non-hydrogen) atoms. The number of hydrogen-bond acceptors (Lipinski definition) is 0. The van der Waals surface area contributed by atoms with Gasteiger partial charge in [-0.2, -0.15) is 0 Å². The first-order valence-electron chi connectivity index (χ1n) is 10.0. The van der Waals surface area contributed by atoms with Gasteiger partial charge in [-0.3, -0.25) is 0 Å². The summed E-state index contributed by atoms with van der Waals surface area (Å²) < 4.78 is 0. The third kappa shape index (κ3) is 17.8. The lowest BCUT2D eigenvalue weighted by Crippen LogP contribution is -1.94. The summed E-state index contributed by atoms with van der Waals surface area (Å²) in [7, 11) is 0. The van der Waals surface area contributed by atoms with Crippen LogP contribution in [0.3, 0.4) is 0 Å². The minimum absolute atomic E-state index is 0.929. The van der Waals surface area contributed by atoms with Gasteiger partial charge in [-0.15, -0.1) is 0 Å². The van der Waals surface area contributed by atoms with E-state index in [1.54, 1.807) is 0 Å². The molecule has 0 rings (SSSR count). The van der Waals surface area contributed by atoms with Crippen LogP contribution in [0.5, 0.6) is 0 Å². The maximum absolute atomic E-state index is 3.91. The van der Waals surface area contributed by atoms with Crippen LogP contribution in [0.4, 0.5) is 0 Å². The topological polar surface area (TPSA) is 0 Å². The molecule has 0 aliphatic rings. The molecule has 0 aliphatic carbocycles. The van der Waals surface area contributed by atoms with Crippen LogP contribution >= 0.6 is 0 Å². The van der Waals surface area contributed by atoms with E-state index in [0.717, 1.165) is 18.8 Å². The van der Waals surface area contributed by atoms with Crippen LogP contribution in [0.2, 0.25) is 0 Å². The van der Waals surface area contributed by atoms with Gasteiger partial charge in [-0.25, -0.2) is 0 Å². The minimum atomic E-state index is 0.929. The van der Waals surface area contributed by atoms with Crippen molar-refractivity contribution >= 4 is 0 Å². The lowest BCUT2D eigenvalue weighted by molar-refractivity contribution is 0.438. The van der Waals surface area contributed by atoms with Crippen molar-refractivity contribution in [1.29, 1.82) is 0 Å². The fourth-order valence-corrected chi connectivity index (χ4v) is 2.95. The van der Waals surface area contributed by atoms with Crippen molar-refractivity contribution in [3.8, 4) is 0 Å². The van der Waals surface area contributed by atoms with Gasteiger partial charge < -0.3 is 0 Å². The lowest BCUT2D eigenvalue weighted by atomic mass is 9.96. The van der Waals surface area contributed by atoms with E-state index in [1.165, 1.54) is 89.9 Å². The first-order valence-corrected chi connectivity index (χ1v) is 10.0. The molecule has 0 amide bonds.